The molecule has 0 aliphatic rings. The fourth-order valence-electron chi connectivity index (χ4n) is 1.78. The highest BCUT2D eigenvalue weighted by Crippen LogP contribution is 2.10. The van der Waals surface area contributed by atoms with Gasteiger partial charge in [-0.05, 0) is 23.6 Å². The lowest BCUT2D eigenvalue weighted by Crippen LogP contribution is -2.41. The first kappa shape index (κ1) is 16.2. The van der Waals surface area contributed by atoms with Crippen LogP contribution in [0.25, 0.3) is 0 Å². The van der Waals surface area contributed by atoms with Gasteiger partial charge in [0.05, 0.1) is 19.1 Å². The SMILES string of the molecule is CC(=O)Nc1ccc(CC(=O)NC(CO)C(C)C)cc1. The molecule has 0 aromatic heterocycles. The first-order valence-electron chi connectivity index (χ1n) is 6.69. The normalized spacial score (nSPS) is 12.1. The van der Waals surface area contributed by atoms with Gasteiger partial charge in [0.1, 0.15) is 0 Å². The molecule has 5 nitrogen and oxygen atoms in total. The predicted molar refractivity (Wildman–Crippen MR) is 78.3 cm³/mol. The first-order chi connectivity index (χ1) is 9.42. The summed E-state index contributed by atoms with van der Waals surface area (Å²) in [5.74, 6) is -0.0608. The van der Waals surface area contributed by atoms with Crippen molar-refractivity contribution in [2.24, 2.45) is 5.92 Å². The molecule has 0 spiro atoms. The van der Waals surface area contributed by atoms with Crippen LogP contribution >= 0.6 is 0 Å². The summed E-state index contributed by atoms with van der Waals surface area (Å²) in [6.45, 7) is 5.28. The summed E-state index contributed by atoms with van der Waals surface area (Å²) in [5.41, 5.74) is 1.56. The third kappa shape index (κ3) is 5.40. The molecule has 0 aliphatic carbocycles. The molecular formula is C15H22N2O3. The Morgan fingerprint density at radius 3 is 2.25 bits per heavy atom. The molecule has 1 rings (SSSR count). The van der Waals surface area contributed by atoms with Gasteiger partial charge in [-0.3, -0.25) is 9.59 Å². The zero-order valence-corrected chi connectivity index (χ0v) is 12.1. The van der Waals surface area contributed by atoms with E-state index in [-0.39, 0.29) is 36.8 Å². The Bertz CT molecular complexity index is 455. The number of carbonyl (C=O) groups excluding carboxylic acids is 2. The van der Waals surface area contributed by atoms with Crippen LogP contribution in [0.5, 0.6) is 0 Å². The largest absolute Gasteiger partial charge is 0.394 e. The Kier molecular flexibility index (Phi) is 6.18. The van der Waals surface area contributed by atoms with Crippen LogP contribution < -0.4 is 10.6 Å². The number of rotatable bonds is 6. The zero-order chi connectivity index (χ0) is 15.1. The van der Waals surface area contributed by atoms with Crippen LogP contribution in [-0.4, -0.2) is 29.6 Å². The molecule has 1 unspecified atom stereocenters. The fourth-order valence-corrected chi connectivity index (χ4v) is 1.78. The van der Waals surface area contributed by atoms with Gasteiger partial charge in [-0.1, -0.05) is 26.0 Å². The highest BCUT2D eigenvalue weighted by atomic mass is 16.3. The quantitative estimate of drug-likeness (QED) is 0.734. The first-order valence-corrected chi connectivity index (χ1v) is 6.69. The highest BCUT2D eigenvalue weighted by Gasteiger charge is 2.15. The van der Waals surface area contributed by atoms with Crippen molar-refractivity contribution in [2.75, 3.05) is 11.9 Å². The van der Waals surface area contributed by atoms with Gasteiger partial charge < -0.3 is 15.7 Å². The van der Waals surface area contributed by atoms with Crippen molar-refractivity contribution in [3.05, 3.63) is 29.8 Å². The second kappa shape index (κ2) is 7.65. The lowest BCUT2D eigenvalue weighted by Gasteiger charge is -2.19. The molecule has 2 amide bonds. The maximum absolute atomic E-state index is 11.9. The summed E-state index contributed by atoms with van der Waals surface area (Å²) < 4.78 is 0. The van der Waals surface area contributed by atoms with Crippen molar-refractivity contribution >= 4 is 17.5 Å². The van der Waals surface area contributed by atoms with Crippen LogP contribution in [0.1, 0.15) is 26.3 Å². The maximum Gasteiger partial charge on any atom is 0.224 e. The van der Waals surface area contributed by atoms with E-state index >= 15 is 0 Å². The van der Waals surface area contributed by atoms with Crippen LogP contribution in [0, 0.1) is 5.92 Å². The Hall–Kier alpha value is -1.88. The molecule has 0 saturated heterocycles. The number of anilines is 1. The summed E-state index contributed by atoms with van der Waals surface area (Å²) in [5, 5.41) is 14.6. The van der Waals surface area contributed by atoms with Gasteiger partial charge in [0, 0.05) is 12.6 Å². The van der Waals surface area contributed by atoms with Gasteiger partial charge in [-0.2, -0.15) is 0 Å². The van der Waals surface area contributed by atoms with E-state index in [4.69, 9.17) is 0 Å². The molecule has 0 fully saturated rings. The van der Waals surface area contributed by atoms with Gasteiger partial charge in [0.2, 0.25) is 11.8 Å². The third-order valence-corrected chi connectivity index (χ3v) is 2.99. The minimum atomic E-state index is -0.221. The number of aliphatic hydroxyl groups excluding tert-OH is 1. The molecule has 5 heteroatoms. The van der Waals surface area contributed by atoms with Crippen molar-refractivity contribution in [1.29, 1.82) is 0 Å². The van der Waals surface area contributed by atoms with Crippen LogP contribution in [0.15, 0.2) is 24.3 Å². The summed E-state index contributed by atoms with van der Waals surface area (Å²) in [6, 6.07) is 6.90. The number of benzene rings is 1. The van der Waals surface area contributed by atoms with E-state index in [1.807, 2.05) is 13.8 Å². The standard InChI is InChI=1S/C15H22N2O3/c1-10(2)14(9-18)17-15(20)8-12-4-6-13(7-5-12)16-11(3)19/h4-7,10,14,18H,8-9H2,1-3H3,(H,16,19)(H,17,20). The molecular weight excluding hydrogens is 256 g/mol. The van der Waals surface area contributed by atoms with E-state index in [0.717, 1.165) is 5.56 Å². The van der Waals surface area contributed by atoms with E-state index in [9.17, 15) is 14.7 Å². The van der Waals surface area contributed by atoms with Crippen molar-refractivity contribution in [2.45, 2.75) is 33.2 Å². The summed E-state index contributed by atoms with van der Waals surface area (Å²) in [7, 11) is 0. The van der Waals surface area contributed by atoms with Gasteiger partial charge in [0.25, 0.3) is 0 Å². The lowest BCUT2D eigenvalue weighted by atomic mass is 10.0. The monoisotopic (exact) mass is 278 g/mol. The summed E-state index contributed by atoms with van der Waals surface area (Å²) >= 11 is 0. The minimum Gasteiger partial charge on any atom is -0.394 e. The zero-order valence-electron chi connectivity index (χ0n) is 12.1. The molecule has 1 aromatic rings. The Balaban J connectivity index is 2.55. The van der Waals surface area contributed by atoms with E-state index in [2.05, 4.69) is 10.6 Å². The highest BCUT2D eigenvalue weighted by molar-refractivity contribution is 5.88. The lowest BCUT2D eigenvalue weighted by molar-refractivity contribution is -0.121. The molecule has 1 aromatic carbocycles. The number of amides is 2. The Morgan fingerprint density at radius 1 is 1.20 bits per heavy atom. The summed E-state index contributed by atoms with van der Waals surface area (Å²) in [6.07, 6.45) is 0.254. The number of hydrogen-bond donors (Lipinski definition) is 3. The average molecular weight is 278 g/mol. The van der Waals surface area contributed by atoms with Crippen molar-refractivity contribution in [3.63, 3.8) is 0 Å². The molecule has 0 heterocycles. The van der Waals surface area contributed by atoms with Crippen molar-refractivity contribution in [3.8, 4) is 0 Å². The van der Waals surface area contributed by atoms with E-state index in [0.29, 0.717) is 5.69 Å². The third-order valence-electron chi connectivity index (χ3n) is 2.99. The molecule has 0 aliphatic heterocycles. The van der Waals surface area contributed by atoms with E-state index in [1.165, 1.54) is 6.92 Å². The van der Waals surface area contributed by atoms with Crippen LogP contribution in [0.3, 0.4) is 0 Å². The average Bonchev–Trinajstić information content (AvgIpc) is 2.37. The van der Waals surface area contributed by atoms with Gasteiger partial charge >= 0.3 is 0 Å². The molecule has 1 atom stereocenters. The molecule has 0 bridgehead atoms. The van der Waals surface area contributed by atoms with Gasteiger partial charge in [0.15, 0.2) is 0 Å². The number of aliphatic hydroxyl groups is 1. The van der Waals surface area contributed by atoms with Crippen LogP contribution in [0.4, 0.5) is 5.69 Å². The fraction of sp³-hybridized carbons (Fsp3) is 0.467. The Morgan fingerprint density at radius 2 is 1.80 bits per heavy atom. The molecule has 0 saturated carbocycles. The predicted octanol–water partition coefficient (Wildman–Crippen LogP) is 1.32. The smallest absolute Gasteiger partial charge is 0.224 e. The molecule has 3 N–H and O–H groups in total. The van der Waals surface area contributed by atoms with Gasteiger partial charge in [-0.25, -0.2) is 0 Å². The number of nitrogens with one attached hydrogen (secondary N) is 2. The molecule has 20 heavy (non-hydrogen) atoms. The second-order valence-corrected chi connectivity index (χ2v) is 5.16. The minimum absolute atomic E-state index is 0.0646. The molecule has 0 radical (unpaired) electrons. The maximum atomic E-state index is 11.9. The number of hydrogen-bond acceptors (Lipinski definition) is 3. The molecule has 110 valence electrons. The topological polar surface area (TPSA) is 78.4 Å². The van der Waals surface area contributed by atoms with E-state index < -0.39 is 0 Å². The van der Waals surface area contributed by atoms with Crippen LogP contribution in [0.2, 0.25) is 0 Å². The number of carbonyl (C=O) groups is 2. The Labute approximate surface area is 119 Å². The van der Waals surface area contributed by atoms with Crippen molar-refractivity contribution < 1.29 is 14.7 Å². The van der Waals surface area contributed by atoms with E-state index in [1.54, 1.807) is 24.3 Å². The van der Waals surface area contributed by atoms with Gasteiger partial charge in [-0.15, -0.1) is 0 Å². The van der Waals surface area contributed by atoms with Crippen LogP contribution in [-0.2, 0) is 16.0 Å². The second-order valence-electron chi connectivity index (χ2n) is 5.16. The van der Waals surface area contributed by atoms with Crippen molar-refractivity contribution in [1.82, 2.24) is 5.32 Å². The summed E-state index contributed by atoms with van der Waals surface area (Å²) in [4.78, 5) is 22.8.